The topological polar surface area (TPSA) is 87.3 Å². The smallest absolute Gasteiger partial charge is 0.255 e. The van der Waals surface area contributed by atoms with Crippen molar-refractivity contribution in [3.05, 3.63) is 12.7 Å². The summed E-state index contributed by atoms with van der Waals surface area (Å²) in [5, 5.41) is -0.390. The predicted octanol–water partition coefficient (Wildman–Crippen LogP) is -0.736. The molecule has 0 saturated heterocycles. The maximum absolute atomic E-state index is 12.0. The average molecular weight is 259 g/mol. The third-order valence-electron chi connectivity index (χ3n) is 3.25. The molecule has 1 amide bonds. The molecule has 2 aliphatic carbocycles. The molecule has 2 saturated carbocycles. The third-order valence-corrected chi connectivity index (χ3v) is 5.07. The van der Waals surface area contributed by atoms with Gasteiger partial charge in [0, 0.05) is 5.92 Å². The minimum atomic E-state index is -3.48. The minimum absolute atomic E-state index is 0.0376. The zero-order valence-corrected chi connectivity index (χ0v) is 10.5. The maximum atomic E-state index is 12.0. The zero-order valence-electron chi connectivity index (χ0n) is 9.69. The molecular weight excluding hydrogens is 242 g/mol. The number of nitrogens with one attached hydrogen (secondary N) is 3. The molecule has 0 aliphatic heterocycles. The number of sulfonamides is 1. The molecule has 7 heteroatoms. The lowest BCUT2D eigenvalue weighted by Gasteiger charge is -2.17. The monoisotopic (exact) mass is 259 g/mol. The number of carbonyl (C=O) groups is 1. The van der Waals surface area contributed by atoms with Crippen molar-refractivity contribution in [2.45, 2.75) is 30.1 Å². The minimum Gasteiger partial charge on any atom is -0.272 e. The third kappa shape index (κ3) is 2.22. The molecule has 0 aromatic rings. The van der Waals surface area contributed by atoms with E-state index >= 15 is 0 Å². The SMILES string of the molecule is C=C[C@H]1C[C@]1(NNC)C(=O)NS(=O)(=O)C1CC1. The molecule has 0 bridgehead atoms. The summed E-state index contributed by atoms with van der Waals surface area (Å²) in [6, 6.07) is 0. The second kappa shape index (κ2) is 4.08. The molecule has 3 N–H and O–H groups in total. The Bertz CT molecular complexity index is 444. The number of carbonyl (C=O) groups excluding carboxylic acids is 1. The largest absolute Gasteiger partial charge is 0.272 e. The highest BCUT2D eigenvalue weighted by atomic mass is 32.2. The van der Waals surface area contributed by atoms with Gasteiger partial charge in [-0.2, -0.15) is 0 Å². The standard InChI is InChI=1S/C10H17N3O3S/c1-3-7-6-10(7,13-11-2)9(14)12-17(15,16)8-4-5-8/h3,7-8,11,13H,1,4-6H2,2H3,(H,12,14)/t7-,10+/m0/s1. The summed E-state index contributed by atoms with van der Waals surface area (Å²) in [4.78, 5) is 12.0. The van der Waals surface area contributed by atoms with Gasteiger partial charge in [0.15, 0.2) is 0 Å². The van der Waals surface area contributed by atoms with E-state index in [1.165, 1.54) is 0 Å². The fourth-order valence-corrected chi connectivity index (χ4v) is 3.30. The Hall–Kier alpha value is -0.920. The van der Waals surface area contributed by atoms with Crippen LogP contribution in [0.2, 0.25) is 0 Å². The highest BCUT2D eigenvalue weighted by Gasteiger charge is 2.59. The van der Waals surface area contributed by atoms with Gasteiger partial charge in [0.2, 0.25) is 10.0 Å². The molecule has 6 nitrogen and oxygen atoms in total. The first-order chi connectivity index (χ1) is 7.96. The first kappa shape index (κ1) is 12.5. The van der Waals surface area contributed by atoms with E-state index in [9.17, 15) is 13.2 Å². The molecular formula is C10H17N3O3S. The molecule has 0 unspecified atom stereocenters. The number of amides is 1. The lowest BCUT2D eigenvalue weighted by molar-refractivity contribution is -0.122. The van der Waals surface area contributed by atoms with E-state index in [1.807, 2.05) is 0 Å². The number of hydrogen-bond donors (Lipinski definition) is 3. The van der Waals surface area contributed by atoms with Gasteiger partial charge in [-0.05, 0) is 26.3 Å². The Balaban J connectivity index is 2.06. The van der Waals surface area contributed by atoms with Crippen LogP contribution in [0.15, 0.2) is 12.7 Å². The lowest BCUT2D eigenvalue weighted by atomic mass is 10.2. The van der Waals surface area contributed by atoms with Crippen molar-refractivity contribution in [1.82, 2.24) is 15.6 Å². The number of rotatable bonds is 6. The molecule has 0 spiro atoms. The van der Waals surface area contributed by atoms with Crippen molar-refractivity contribution in [3.8, 4) is 0 Å². The van der Waals surface area contributed by atoms with E-state index in [2.05, 4.69) is 22.2 Å². The number of hydrogen-bond acceptors (Lipinski definition) is 5. The van der Waals surface area contributed by atoms with E-state index in [-0.39, 0.29) is 11.2 Å². The van der Waals surface area contributed by atoms with Gasteiger partial charge in [0.05, 0.1) is 5.25 Å². The second-order valence-corrected chi connectivity index (χ2v) is 6.53. The molecule has 17 heavy (non-hydrogen) atoms. The Kier molecular flexibility index (Phi) is 3.01. The van der Waals surface area contributed by atoms with Crippen LogP contribution < -0.4 is 15.6 Å². The van der Waals surface area contributed by atoms with Crippen LogP contribution in [0, 0.1) is 5.92 Å². The van der Waals surface area contributed by atoms with Crippen LogP contribution in [0.5, 0.6) is 0 Å². The van der Waals surface area contributed by atoms with Crippen LogP contribution in [0.1, 0.15) is 19.3 Å². The van der Waals surface area contributed by atoms with Crippen LogP contribution >= 0.6 is 0 Å². The molecule has 0 aromatic carbocycles. The summed E-state index contributed by atoms with van der Waals surface area (Å²) in [6.45, 7) is 3.63. The van der Waals surface area contributed by atoms with Gasteiger partial charge >= 0.3 is 0 Å². The van der Waals surface area contributed by atoms with E-state index in [0.29, 0.717) is 19.3 Å². The quantitative estimate of drug-likeness (QED) is 0.432. The van der Waals surface area contributed by atoms with Crippen LogP contribution in [0.4, 0.5) is 0 Å². The highest BCUT2D eigenvalue weighted by Crippen LogP contribution is 2.44. The van der Waals surface area contributed by atoms with Crippen molar-refractivity contribution in [1.29, 1.82) is 0 Å². The molecule has 2 atom stereocenters. The molecule has 0 heterocycles. The molecule has 0 aromatic heterocycles. The van der Waals surface area contributed by atoms with Crippen molar-refractivity contribution in [3.63, 3.8) is 0 Å². The van der Waals surface area contributed by atoms with Crippen LogP contribution in [-0.2, 0) is 14.8 Å². The Labute approximate surface area is 101 Å². The van der Waals surface area contributed by atoms with E-state index in [4.69, 9.17) is 0 Å². The fourth-order valence-electron chi connectivity index (χ4n) is 1.94. The summed E-state index contributed by atoms with van der Waals surface area (Å²) in [7, 11) is -1.84. The Morgan fingerprint density at radius 2 is 2.12 bits per heavy atom. The summed E-state index contributed by atoms with van der Waals surface area (Å²) in [6.07, 6.45) is 3.50. The van der Waals surface area contributed by atoms with Crippen LogP contribution in [0.3, 0.4) is 0 Å². The van der Waals surface area contributed by atoms with E-state index in [0.717, 1.165) is 0 Å². The molecule has 2 fully saturated rings. The molecule has 2 rings (SSSR count). The fraction of sp³-hybridized carbons (Fsp3) is 0.700. The molecule has 96 valence electrons. The zero-order chi connectivity index (χ0) is 12.7. The van der Waals surface area contributed by atoms with Gasteiger partial charge in [-0.3, -0.25) is 14.9 Å². The molecule has 2 aliphatic rings. The van der Waals surface area contributed by atoms with Crippen molar-refractivity contribution >= 4 is 15.9 Å². The van der Waals surface area contributed by atoms with Gasteiger partial charge in [0.1, 0.15) is 5.54 Å². The average Bonchev–Trinajstić information content (AvgIpc) is 3.12. The van der Waals surface area contributed by atoms with Gasteiger partial charge < -0.3 is 0 Å². The van der Waals surface area contributed by atoms with Gasteiger partial charge in [-0.1, -0.05) is 6.08 Å². The molecule has 0 radical (unpaired) electrons. The van der Waals surface area contributed by atoms with E-state index in [1.54, 1.807) is 13.1 Å². The first-order valence-electron chi connectivity index (χ1n) is 5.59. The van der Waals surface area contributed by atoms with Crippen LogP contribution in [-0.4, -0.2) is 32.2 Å². The lowest BCUT2D eigenvalue weighted by Crippen LogP contribution is -2.54. The van der Waals surface area contributed by atoms with Crippen molar-refractivity contribution in [2.75, 3.05) is 7.05 Å². The van der Waals surface area contributed by atoms with Crippen molar-refractivity contribution < 1.29 is 13.2 Å². The highest BCUT2D eigenvalue weighted by molar-refractivity contribution is 7.90. The summed E-state index contributed by atoms with van der Waals surface area (Å²) < 4.78 is 25.5. The van der Waals surface area contributed by atoms with Gasteiger partial charge in [0.25, 0.3) is 5.91 Å². The Morgan fingerprint density at radius 3 is 2.53 bits per heavy atom. The first-order valence-corrected chi connectivity index (χ1v) is 7.13. The van der Waals surface area contributed by atoms with Crippen molar-refractivity contribution in [2.24, 2.45) is 5.92 Å². The maximum Gasteiger partial charge on any atom is 0.255 e. The predicted molar refractivity (Wildman–Crippen MR) is 63.3 cm³/mol. The second-order valence-electron chi connectivity index (χ2n) is 4.57. The summed E-state index contributed by atoms with van der Waals surface area (Å²) in [5.41, 5.74) is 4.65. The van der Waals surface area contributed by atoms with Gasteiger partial charge in [-0.25, -0.2) is 13.8 Å². The summed E-state index contributed by atoms with van der Waals surface area (Å²) in [5.74, 6) is -0.534. The van der Waals surface area contributed by atoms with Crippen LogP contribution in [0.25, 0.3) is 0 Å². The number of hydrazine groups is 1. The normalized spacial score (nSPS) is 31.9. The van der Waals surface area contributed by atoms with Gasteiger partial charge in [-0.15, -0.1) is 6.58 Å². The Morgan fingerprint density at radius 1 is 1.47 bits per heavy atom. The summed E-state index contributed by atoms with van der Waals surface area (Å²) >= 11 is 0. The van der Waals surface area contributed by atoms with E-state index < -0.39 is 21.5 Å².